The fourth-order valence-corrected chi connectivity index (χ4v) is 2.93. The Balaban J connectivity index is 1.87. The van der Waals surface area contributed by atoms with Gasteiger partial charge in [0.2, 0.25) is 5.91 Å². The van der Waals surface area contributed by atoms with Gasteiger partial charge in [0.1, 0.15) is 0 Å². The highest BCUT2D eigenvalue weighted by Crippen LogP contribution is 2.27. The summed E-state index contributed by atoms with van der Waals surface area (Å²) in [5.41, 5.74) is 3.03. The average molecular weight is 334 g/mol. The summed E-state index contributed by atoms with van der Waals surface area (Å²) in [7, 11) is 4.12. The third-order valence-electron chi connectivity index (χ3n) is 3.89. The van der Waals surface area contributed by atoms with Crippen LogP contribution in [0.1, 0.15) is 24.8 Å². The molecule has 1 aliphatic heterocycles. The van der Waals surface area contributed by atoms with Gasteiger partial charge in [0, 0.05) is 30.9 Å². The van der Waals surface area contributed by atoms with Gasteiger partial charge in [0.25, 0.3) is 0 Å². The summed E-state index contributed by atoms with van der Waals surface area (Å²) in [6, 6.07) is 6.01. The van der Waals surface area contributed by atoms with E-state index in [4.69, 9.17) is 12.2 Å². The Labute approximate surface area is 144 Å². The monoisotopic (exact) mass is 334 g/mol. The lowest BCUT2D eigenvalue weighted by Gasteiger charge is -2.19. The van der Waals surface area contributed by atoms with E-state index in [-0.39, 0.29) is 5.91 Å². The van der Waals surface area contributed by atoms with Crippen molar-refractivity contribution in [3.63, 3.8) is 0 Å². The van der Waals surface area contributed by atoms with E-state index in [1.807, 2.05) is 30.0 Å². The van der Waals surface area contributed by atoms with E-state index in [0.717, 1.165) is 49.4 Å². The van der Waals surface area contributed by atoms with Crippen LogP contribution in [0.3, 0.4) is 0 Å². The second-order valence-corrected chi connectivity index (χ2v) is 6.60. The van der Waals surface area contributed by atoms with Crippen LogP contribution in [0.5, 0.6) is 0 Å². The summed E-state index contributed by atoms with van der Waals surface area (Å²) in [4.78, 5) is 15.9. The standard InChI is InChI=1S/C17H26N4OS/c1-13-12-14(19-17(23)18-9-5-10-20(2)3)7-8-15(13)21-11-4-6-16(21)22/h7-8,12H,4-6,9-11H2,1-3H3,(H2,18,19,23). The Morgan fingerprint density at radius 3 is 2.78 bits per heavy atom. The van der Waals surface area contributed by atoms with Crippen molar-refractivity contribution in [3.8, 4) is 0 Å². The first-order valence-corrected chi connectivity index (χ1v) is 8.49. The second-order valence-electron chi connectivity index (χ2n) is 6.19. The molecule has 5 nitrogen and oxygen atoms in total. The molecule has 0 unspecified atom stereocenters. The molecule has 2 rings (SSSR count). The fraction of sp³-hybridized carbons (Fsp3) is 0.529. The largest absolute Gasteiger partial charge is 0.362 e. The number of anilines is 2. The van der Waals surface area contributed by atoms with Crippen molar-refractivity contribution >= 4 is 34.6 Å². The molecule has 1 aromatic carbocycles. The van der Waals surface area contributed by atoms with Gasteiger partial charge in [-0.25, -0.2) is 0 Å². The van der Waals surface area contributed by atoms with Gasteiger partial charge in [-0.15, -0.1) is 0 Å². The molecule has 0 radical (unpaired) electrons. The Kier molecular flexibility index (Phi) is 6.36. The quantitative estimate of drug-likeness (QED) is 0.618. The highest BCUT2D eigenvalue weighted by Gasteiger charge is 2.22. The number of amides is 1. The molecule has 0 atom stereocenters. The van der Waals surface area contributed by atoms with Crippen LogP contribution in [0.25, 0.3) is 0 Å². The molecule has 0 bridgehead atoms. The highest BCUT2D eigenvalue weighted by molar-refractivity contribution is 7.80. The van der Waals surface area contributed by atoms with Gasteiger partial charge < -0.3 is 20.4 Å². The minimum absolute atomic E-state index is 0.215. The van der Waals surface area contributed by atoms with Gasteiger partial charge in [0.15, 0.2) is 5.11 Å². The van der Waals surface area contributed by atoms with E-state index < -0.39 is 0 Å². The Morgan fingerprint density at radius 1 is 1.39 bits per heavy atom. The number of nitrogens with zero attached hydrogens (tertiary/aromatic N) is 2. The Morgan fingerprint density at radius 2 is 2.17 bits per heavy atom. The highest BCUT2D eigenvalue weighted by atomic mass is 32.1. The van der Waals surface area contributed by atoms with E-state index in [2.05, 4.69) is 29.6 Å². The fourth-order valence-electron chi connectivity index (χ4n) is 2.71. The summed E-state index contributed by atoms with van der Waals surface area (Å²) in [5.74, 6) is 0.215. The summed E-state index contributed by atoms with van der Waals surface area (Å²) in [6.07, 6.45) is 2.64. The van der Waals surface area contributed by atoms with Crippen LogP contribution in [0.2, 0.25) is 0 Å². The molecule has 1 fully saturated rings. The smallest absolute Gasteiger partial charge is 0.227 e. The molecule has 1 saturated heterocycles. The second kappa shape index (κ2) is 8.26. The van der Waals surface area contributed by atoms with E-state index in [1.165, 1.54) is 0 Å². The molecule has 126 valence electrons. The summed E-state index contributed by atoms with van der Waals surface area (Å²) >= 11 is 5.32. The molecule has 23 heavy (non-hydrogen) atoms. The van der Waals surface area contributed by atoms with Crippen molar-refractivity contribution in [1.82, 2.24) is 10.2 Å². The Bertz CT molecular complexity index is 574. The van der Waals surface area contributed by atoms with Crippen molar-refractivity contribution in [2.45, 2.75) is 26.2 Å². The molecule has 0 aliphatic carbocycles. The lowest BCUT2D eigenvalue weighted by atomic mass is 10.1. The molecule has 0 spiro atoms. The topological polar surface area (TPSA) is 47.6 Å². The first kappa shape index (κ1) is 17.7. The molecule has 1 heterocycles. The van der Waals surface area contributed by atoms with Crippen molar-refractivity contribution in [3.05, 3.63) is 23.8 Å². The van der Waals surface area contributed by atoms with Crippen LogP contribution < -0.4 is 15.5 Å². The average Bonchev–Trinajstić information content (AvgIpc) is 2.90. The number of rotatable bonds is 6. The zero-order valence-corrected chi connectivity index (χ0v) is 15.0. The van der Waals surface area contributed by atoms with Crippen molar-refractivity contribution in [2.75, 3.05) is 43.9 Å². The lowest BCUT2D eigenvalue weighted by Crippen LogP contribution is -2.31. The number of carbonyl (C=O) groups is 1. The lowest BCUT2D eigenvalue weighted by molar-refractivity contribution is -0.117. The first-order chi connectivity index (χ1) is 11.0. The minimum atomic E-state index is 0.215. The zero-order chi connectivity index (χ0) is 16.8. The van der Waals surface area contributed by atoms with Crippen molar-refractivity contribution in [1.29, 1.82) is 0 Å². The van der Waals surface area contributed by atoms with Crippen LogP contribution in [0.15, 0.2) is 18.2 Å². The molecule has 1 aliphatic rings. The number of carbonyl (C=O) groups excluding carboxylic acids is 1. The van der Waals surface area contributed by atoms with E-state index in [0.29, 0.717) is 11.5 Å². The van der Waals surface area contributed by atoms with Crippen LogP contribution in [0.4, 0.5) is 11.4 Å². The van der Waals surface area contributed by atoms with Crippen LogP contribution in [0, 0.1) is 6.92 Å². The normalized spacial score (nSPS) is 14.4. The molecule has 1 aromatic rings. The third kappa shape index (κ3) is 5.18. The molecular weight excluding hydrogens is 308 g/mol. The summed E-state index contributed by atoms with van der Waals surface area (Å²) in [5, 5.41) is 7.05. The maximum atomic E-state index is 11.9. The number of aryl methyl sites for hydroxylation is 1. The van der Waals surface area contributed by atoms with E-state index in [1.54, 1.807) is 0 Å². The SMILES string of the molecule is Cc1cc(NC(=S)NCCCN(C)C)ccc1N1CCCC1=O. The molecule has 6 heteroatoms. The molecular formula is C17H26N4OS. The van der Waals surface area contributed by atoms with Gasteiger partial charge in [-0.3, -0.25) is 4.79 Å². The van der Waals surface area contributed by atoms with E-state index in [9.17, 15) is 4.79 Å². The van der Waals surface area contributed by atoms with Crippen molar-refractivity contribution in [2.24, 2.45) is 0 Å². The van der Waals surface area contributed by atoms with Gasteiger partial charge >= 0.3 is 0 Å². The third-order valence-corrected chi connectivity index (χ3v) is 4.13. The summed E-state index contributed by atoms with van der Waals surface area (Å²) < 4.78 is 0. The first-order valence-electron chi connectivity index (χ1n) is 8.08. The van der Waals surface area contributed by atoms with Gasteiger partial charge in [-0.2, -0.15) is 0 Å². The maximum absolute atomic E-state index is 11.9. The number of nitrogens with one attached hydrogen (secondary N) is 2. The maximum Gasteiger partial charge on any atom is 0.227 e. The number of hydrogen-bond acceptors (Lipinski definition) is 3. The molecule has 1 amide bonds. The number of thiocarbonyl (C=S) groups is 1. The Hall–Kier alpha value is -1.66. The minimum Gasteiger partial charge on any atom is -0.362 e. The summed E-state index contributed by atoms with van der Waals surface area (Å²) in [6.45, 7) is 4.73. The predicted molar refractivity (Wildman–Crippen MR) is 100 cm³/mol. The number of hydrogen-bond donors (Lipinski definition) is 2. The van der Waals surface area contributed by atoms with Gasteiger partial charge in [-0.05, 0) is 76.4 Å². The predicted octanol–water partition coefficient (Wildman–Crippen LogP) is 2.36. The van der Waals surface area contributed by atoms with Gasteiger partial charge in [-0.1, -0.05) is 0 Å². The molecule has 0 aromatic heterocycles. The number of benzene rings is 1. The zero-order valence-electron chi connectivity index (χ0n) is 14.2. The van der Waals surface area contributed by atoms with Crippen LogP contribution in [-0.2, 0) is 4.79 Å². The van der Waals surface area contributed by atoms with Crippen LogP contribution in [-0.4, -0.2) is 49.6 Å². The van der Waals surface area contributed by atoms with Crippen LogP contribution >= 0.6 is 12.2 Å². The van der Waals surface area contributed by atoms with Crippen molar-refractivity contribution < 1.29 is 4.79 Å². The van der Waals surface area contributed by atoms with E-state index >= 15 is 0 Å². The van der Waals surface area contributed by atoms with Gasteiger partial charge in [0.05, 0.1) is 0 Å². The molecule has 2 N–H and O–H groups in total. The molecule has 0 saturated carbocycles.